The smallest absolute Gasteiger partial charge is 0.340 e. The van der Waals surface area contributed by atoms with Crippen LogP contribution in [0.25, 0.3) is 0 Å². The highest BCUT2D eigenvalue weighted by Crippen LogP contribution is 2.30. The quantitative estimate of drug-likeness (QED) is 0.315. The fourth-order valence-electron chi connectivity index (χ4n) is 2.96. The molecule has 2 unspecified atom stereocenters. The van der Waals surface area contributed by atoms with Gasteiger partial charge in [-0.15, -0.1) is 0 Å². The number of likely N-dealkylation sites (tertiary alicyclic amines) is 1. The van der Waals surface area contributed by atoms with Gasteiger partial charge in [-0.1, -0.05) is 28.1 Å². The number of hydrogen-bond donors (Lipinski definition) is 0. The van der Waals surface area contributed by atoms with E-state index in [1.54, 1.807) is 12.1 Å². The molecule has 0 radical (unpaired) electrons. The zero-order valence-corrected chi connectivity index (χ0v) is 14.7. The number of carbonyl (C=O) groups is 5. The van der Waals surface area contributed by atoms with Gasteiger partial charge in [0, 0.05) is 6.42 Å². The van der Waals surface area contributed by atoms with Gasteiger partial charge in [0.2, 0.25) is 5.91 Å². The maximum absolute atomic E-state index is 12.7. The third-order valence-electron chi connectivity index (χ3n) is 4.18. The molecule has 1 aromatic rings. The Balaban J connectivity index is 1.93. The Kier molecular flexibility index (Phi) is 4.42. The van der Waals surface area contributed by atoms with Gasteiger partial charge >= 0.3 is 5.97 Å². The molecule has 8 nitrogen and oxygen atoms in total. The number of imide groups is 2. The molecule has 4 amide bonds. The number of alkyl halides is 1. The van der Waals surface area contributed by atoms with Gasteiger partial charge in [-0.2, -0.15) is 0 Å². The first-order chi connectivity index (χ1) is 11.9. The molecule has 2 aliphatic heterocycles. The molecule has 1 fully saturated rings. The van der Waals surface area contributed by atoms with E-state index in [2.05, 4.69) is 20.7 Å². The first-order valence-electron chi connectivity index (χ1n) is 7.43. The number of rotatable bonds is 3. The van der Waals surface area contributed by atoms with Crippen molar-refractivity contribution < 1.29 is 28.7 Å². The minimum atomic E-state index is -1.31. The van der Waals surface area contributed by atoms with Crippen molar-refractivity contribution in [2.75, 3.05) is 7.11 Å². The summed E-state index contributed by atoms with van der Waals surface area (Å²) in [7, 11) is 1.12. The molecule has 0 bridgehead atoms. The number of hydrogen-bond acceptors (Lipinski definition) is 6. The summed E-state index contributed by atoms with van der Waals surface area (Å²) in [6.07, 6.45) is -0.0660. The topological polar surface area (TPSA) is 101 Å². The number of halogens is 1. The molecule has 130 valence electrons. The van der Waals surface area contributed by atoms with Crippen LogP contribution in [0.1, 0.15) is 33.6 Å². The van der Waals surface area contributed by atoms with Gasteiger partial charge in [0.25, 0.3) is 17.7 Å². The summed E-state index contributed by atoms with van der Waals surface area (Å²) in [5, 5.41) is 0. The lowest BCUT2D eigenvalue weighted by Crippen LogP contribution is -2.59. The predicted molar refractivity (Wildman–Crippen MR) is 86.5 cm³/mol. The van der Waals surface area contributed by atoms with E-state index in [1.807, 2.05) is 0 Å². The van der Waals surface area contributed by atoms with Crippen LogP contribution in [0.4, 0.5) is 0 Å². The second-order valence-electron chi connectivity index (χ2n) is 5.54. The zero-order valence-electron chi connectivity index (χ0n) is 13.1. The van der Waals surface area contributed by atoms with Crippen LogP contribution in [0.5, 0.6) is 0 Å². The van der Waals surface area contributed by atoms with Crippen molar-refractivity contribution >= 4 is 45.5 Å². The van der Waals surface area contributed by atoms with Gasteiger partial charge in [0.15, 0.2) is 4.95 Å². The first-order valence-corrected chi connectivity index (χ1v) is 8.34. The van der Waals surface area contributed by atoms with Gasteiger partial charge in [-0.3, -0.25) is 29.0 Å². The second kappa shape index (κ2) is 6.40. The van der Waals surface area contributed by atoms with Crippen molar-refractivity contribution in [3.05, 3.63) is 35.4 Å². The molecule has 0 N–H and O–H groups in total. The zero-order chi connectivity index (χ0) is 18.3. The lowest BCUT2D eigenvalue weighted by atomic mass is 10.0. The van der Waals surface area contributed by atoms with Crippen LogP contribution in [0.15, 0.2) is 24.3 Å². The lowest BCUT2D eigenvalue weighted by molar-refractivity contribution is -0.159. The van der Waals surface area contributed by atoms with Crippen LogP contribution in [0.3, 0.4) is 0 Å². The van der Waals surface area contributed by atoms with Crippen LogP contribution in [0, 0.1) is 0 Å². The van der Waals surface area contributed by atoms with Gasteiger partial charge in [0.05, 0.1) is 18.2 Å². The van der Waals surface area contributed by atoms with E-state index in [0.717, 1.165) is 12.0 Å². The summed E-state index contributed by atoms with van der Waals surface area (Å²) >= 11 is 2.96. The normalized spacial score (nSPS) is 21.4. The predicted octanol–water partition coefficient (Wildman–Crippen LogP) is 0.694. The number of ether oxygens (including phenoxy) is 1. The van der Waals surface area contributed by atoms with E-state index in [1.165, 1.54) is 12.1 Å². The lowest BCUT2D eigenvalue weighted by Gasteiger charge is -2.35. The van der Waals surface area contributed by atoms with Gasteiger partial charge in [-0.25, -0.2) is 4.79 Å². The molecular weight excluding hydrogens is 396 g/mol. The monoisotopic (exact) mass is 408 g/mol. The first kappa shape index (κ1) is 17.3. The fraction of sp³-hybridized carbons (Fsp3) is 0.312. The summed E-state index contributed by atoms with van der Waals surface area (Å²) in [4.78, 5) is 61.9. The van der Waals surface area contributed by atoms with Crippen LogP contribution in [-0.4, -0.2) is 57.5 Å². The largest absolute Gasteiger partial charge is 0.467 e. The molecule has 9 heteroatoms. The summed E-state index contributed by atoms with van der Waals surface area (Å²) in [6, 6.07) is 5.12. The number of methoxy groups -OCH3 is 1. The molecule has 2 aliphatic rings. The third-order valence-corrected chi connectivity index (χ3v) is 4.97. The van der Waals surface area contributed by atoms with E-state index in [0.29, 0.717) is 4.90 Å². The van der Waals surface area contributed by atoms with Crippen molar-refractivity contribution in [1.82, 2.24) is 9.80 Å². The third kappa shape index (κ3) is 2.64. The molecule has 2 heterocycles. The minimum absolute atomic E-state index is 0.0144. The minimum Gasteiger partial charge on any atom is -0.467 e. The molecule has 0 aromatic heterocycles. The molecule has 0 aliphatic carbocycles. The number of fused-ring (bicyclic) bond motifs is 1. The number of amides is 4. The van der Waals surface area contributed by atoms with E-state index in [-0.39, 0.29) is 24.0 Å². The SMILES string of the molecule is COC(=O)C(Br)N1C(=O)CCC(N2C(=O)c3ccccc3C2=O)C1=O. The maximum atomic E-state index is 12.7. The molecule has 1 aromatic carbocycles. The average molecular weight is 409 g/mol. The van der Waals surface area contributed by atoms with Gasteiger partial charge < -0.3 is 4.74 Å². The number of benzene rings is 1. The summed E-state index contributed by atoms with van der Waals surface area (Å²) in [5.41, 5.74) is 0.430. The van der Waals surface area contributed by atoms with Crippen LogP contribution < -0.4 is 0 Å². The Bertz CT molecular complexity index is 773. The van der Waals surface area contributed by atoms with Crippen molar-refractivity contribution in [3.63, 3.8) is 0 Å². The second-order valence-corrected chi connectivity index (χ2v) is 6.41. The Morgan fingerprint density at radius 1 is 1.16 bits per heavy atom. The number of carbonyl (C=O) groups excluding carboxylic acids is 5. The molecule has 25 heavy (non-hydrogen) atoms. The molecule has 1 saturated heterocycles. The van der Waals surface area contributed by atoms with Crippen LogP contribution in [-0.2, 0) is 19.1 Å². The van der Waals surface area contributed by atoms with Gasteiger partial charge in [0.1, 0.15) is 6.04 Å². The van der Waals surface area contributed by atoms with E-state index < -0.39 is 40.6 Å². The fourth-order valence-corrected chi connectivity index (χ4v) is 3.58. The van der Waals surface area contributed by atoms with Crippen LogP contribution in [0.2, 0.25) is 0 Å². The van der Waals surface area contributed by atoms with Crippen molar-refractivity contribution in [2.45, 2.75) is 23.8 Å². The maximum Gasteiger partial charge on any atom is 0.340 e. The highest BCUT2D eigenvalue weighted by molar-refractivity contribution is 9.10. The highest BCUT2D eigenvalue weighted by atomic mass is 79.9. The molecule has 0 spiro atoms. The number of esters is 1. The average Bonchev–Trinajstić information content (AvgIpc) is 2.86. The van der Waals surface area contributed by atoms with E-state index >= 15 is 0 Å². The standard InChI is InChI=1S/C16H13BrN2O6/c1-25-16(24)12(17)19-11(20)7-6-10(15(19)23)18-13(21)8-4-2-3-5-9(8)14(18)22/h2-5,10,12H,6-7H2,1H3. The van der Waals surface area contributed by atoms with Crippen LogP contribution >= 0.6 is 15.9 Å². The Morgan fingerprint density at radius 2 is 1.72 bits per heavy atom. The van der Waals surface area contributed by atoms with Crippen molar-refractivity contribution in [3.8, 4) is 0 Å². The summed E-state index contributed by atoms with van der Waals surface area (Å²) < 4.78 is 4.54. The molecule has 3 rings (SSSR count). The molecule has 2 atom stereocenters. The number of nitrogens with zero attached hydrogens (tertiary/aromatic N) is 2. The van der Waals surface area contributed by atoms with Crippen molar-refractivity contribution in [1.29, 1.82) is 0 Å². The van der Waals surface area contributed by atoms with E-state index in [4.69, 9.17) is 0 Å². The molecule has 0 saturated carbocycles. The summed E-state index contributed by atoms with van der Waals surface area (Å²) in [6.45, 7) is 0. The highest BCUT2D eigenvalue weighted by Gasteiger charge is 2.49. The Hall–Kier alpha value is -2.55. The van der Waals surface area contributed by atoms with Gasteiger partial charge in [-0.05, 0) is 18.6 Å². The van der Waals surface area contributed by atoms with Crippen molar-refractivity contribution in [2.24, 2.45) is 0 Å². The van der Waals surface area contributed by atoms with E-state index in [9.17, 15) is 24.0 Å². The summed E-state index contributed by atoms with van der Waals surface area (Å²) in [5.74, 6) is -3.37. The Morgan fingerprint density at radius 3 is 2.24 bits per heavy atom. The Labute approximate surface area is 150 Å². The molecular formula is C16H13BrN2O6. The number of piperidine rings is 1.